The van der Waals surface area contributed by atoms with Crippen molar-refractivity contribution in [2.45, 2.75) is 6.92 Å². The lowest BCUT2D eigenvalue weighted by Crippen LogP contribution is -2.19. The molecule has 0 saturated heterocycles. The van der Waals surface area contributed by atoms with Gasteiger partial charge in [-0.15, -0.1) is 0 Å². The first-order valence-corrected chi connectivity index (χ1v) is 5.18. The molecule has 0 radical (unpaired) electrons. The second-order valence-corrected chi connectivity index (χ2v) is 3.21. The van der Waals surface area contributed by atoms with Gasteiger partial charge < -0.3 is 14.2 Å². The summed E-state index contributed by atoms with van der Waals surface area (Å²) in [7, 11) is 2.57. The average molecular weight is 256 g/mol. The van der Waals surface area contributed by atoms with Gasteiger partial charge in [-0.05, 0) is 19.1 Å². The van der Waals surface area contributed by atoms with E-state index < -0.39 is 23.1 Å². The summed E-state index contributed by atoms with van der Waals surface area (Å²) in [5.41, 5.74) is -0.411. The van der Waals surface area contributed by atoms with Gasteiger partial charge in [0.1, 0.15) is 0 Å². The van der Waals surface area contributed by atoms with Crippen molar-refractivity contribution in [1.29, 1.82) is 0 Å². The maximum atomic E-state index is 13.9. The van der Waals surface area contributed by atoms with Crippen molar-refractivity contribution >= 4 is 11.8 Å². The van der Waals surface area contributed by atoms with Gasteiger partial charge in [0.15, 0.2) is 17.3 Å². The maximum Gasteiger partial charge on any atom is 0.379 e. The number of Topliss-reactive ketones (excluding diaryl/α,β-unsaturated/α-hetero) is 1. The molecule has 0 aliphatic heterocycles. The molecular formula is C12H13FO5. The summed E-state index contributed by atoms with van der Waals surface area (Å²) < 4.78 is 28.1. The molecule has 0 heterocycles. The van der Waals surface area contributed by atoms with Crippen LogP contribution in [0.25, 0.3) is 0 Å². The largest absolute Gasteiger partial charge is 0.493 e. The smallest absolute Gasteiger partial charge is 0.379 e. The van der Waals surface area contributed by atoms with E-state index in [-0.39, 0.29) is 18.1 Å². The number of benzene rings is 1. The van der Waals surface area contributed by atoms with E-state index >= 15 is 0 Å². The first-order chi connectivity index (χ1) is 8.56. The third kappa shape index (κ3) is 2.58. The normalized spacial score (nSPS) is 9.78. The summed E-state index contributed by atoms with van der Waals surface area (Å²) in [6, 6.07) is 2.49. The van der Waals surface area contributed by atoms with Crippen LogP contribution in [0.3, 0.4) is 0 Å². The van der Waals surface area contributed by atoms with Gasteiger partial charge in [-0.1, -0.05) is 0 Å². The summed E-state index contributed by atoms with van der Waals surface area (Å²) >= 11 is 0. The number of halogens is 1. The van der Waals surface area contributed by atoms with Crippen molar-refractivity contribution < 1.29 is 28.2 Å². The Labute approximate surface area is 103 Å². The van der Waals surface area contributed by atoms with Crippen molar-refractivity contribution in [3.05, 3.63) is 23.5 Å². The molecule has 0 unspecified atom stereocenters. The van der Waals surface area contributed by atoms with Gasteiger partial charge in [0.2, 0.25) is 0 Å². The second kappa shape index (κ2) is 6.00. The zero-order chi connectivity index (χ0) is 13.7. The molecule has 18 heavy (non-hydrogen) atoms. The lowest BCUT2D eigenvalue weighted by atomic mass is 10.1. The summed E-state index contributed by atoms with van der Waals surface area (Å²) in [5, 5.41) is 0. The molecule has 0 saturated carbocycles. The number of methoxy groups -OCH3 is 2. The average Bonchev–Trinajstić information content (AvgIpc) is 2.37. The lowest BCUT2D eigenvalue weighted by molar-refractivity contribution is -0.137. The van der Waals surface area contributed by atoms with Crippen LogP contribution < -0.4 is 9.47 Å². The van der Waals surface area contributed by atoms with E-state index in [2.05, 4.69) is 4.74 Å². The van der Waals surface area contributed by atoms with Crippen molar-refractivity contribution in [1.82, 2.24) is 0 Å². The molecule has 0 bridgehead atoms. The highest BCUT2D eigenvalue weighted by atomic mass is 19.1. The standard InChI is InChI=1S/C12H13FO5/c1-4-18-12(15)10(14)7-5-6-8(16-2)11(17-3)9(7)13/h5-6H,4H2,1-3H3. The Balaban J connectivity index is 3.19. The van der Waals surface area contributed by atoms with E-state index in [1.165, 1.54) is 20.3 Å². The molecule has 0 N–H and O–H groups in total. The number of ether oxygens (including phenoxy) is 3. The van der Waals surface area contributed by atoms with Gasteiger partial charge >= 0.3 is 5.97 Å². The van der Waals surface area contributed by atoms with Crippen molar-refractivity contribution in [3.8, 4) is 11.5 Å². The Bertz CT molecular complexity index is 470. The SMILES string of the molecule is CCOC(=O)C(=O)c1ccc(OC)c(OC)c1F. The predicted octanol–water partition coefficient (Wildman–Crippen LogP) is 1.59. The highest BCUT2D eigenvalue weighted by Crippen LogP contribution is 2.32. The fourth-order valence-corrected chi connectivity index (χ4v) is 1.37. The predicted molar refractivity (Wildman–Crippen MR) is 60.5 cm³/mol. The number of ketones is 1. The number of carbonyl (C=O) groups excluding carboxylic acids is 2. The highest BCUT2D eigenvalue weighted by molar-refractivity contribution is 6.40. The Kier molecular flexibility index (Phi) is 4.65. The van der Waals surface area contributed by atoms with Gasteiger partial charge in [-0.2, -0.15) is 0 Å². The van der Waals surface area contributed by atoms with Crippen molar-refractivity contribution in [2.75, 3.05) is 20.8 Å². The fraction of sp³-hybridized carbons (Fsp3) is 0.333. The minimum Gasteiger partial charge on any atom is -0.493 e. The number of hydrogen-bond acceptors (Lipinski definition) is 5. The number of carbonyl (C=O) groups is 2. The molecule has 0 aromatic heterocycles. The zero-order valence-corrected chi connectivity index (χ0v) is 10.3. The van der Waals surface area contributed by atoms with Gasteiger partial charge in [0.25, 0.3) is 5.78 Å². The third-order valence-corrected chi connectivity index (χ3v) is 2.19. The van der Waals surface area contributed by atoms with Gasteiger partial charge in [0, 0.05) is 0 Å². The second-order valence-electron chi connectivity index (χ2n) is 3.21. The molecule has 1 rings (SSSR count). The van der Waals surface area contributed by atoms with Crippen LogP contribution in [0.2, 0.25) is 0 Å². The lowest BCUT2D eigenvalue weighted by Gasteiger charge is -2.10. The van der Waals surface area contributed by atoms with E-state index in [1.54, 1.807) is 6.92 Å². The Hall–Kier alpha value is -2.11. The van der Waals surface area contributed by atoms with Crippen LogP contribution in [0.1, 0.15) is 17.3 Å². The monoisotopic (exact) mass is 256 g/mol. The number of esters is 1. The van der Waals surface area contributed by atoms with E-state index in [0.717, 1.165) is 6.07 Å². The molecule has 98 valence electrons. The molecule has 1 aromatic carbocycles. The quantitative estimate of drug-likeness (QED) is 0.455. The molecule has 0 amide bonds. The molecule has 1 aromatic rings. The Morgan fingerprint density at radius 1 is 1.22 bits per heavy atom. The fourth-order valence-electron chi connectivity index (χ4n) is 1.37. The molecule has 6 heteroatoms. The summed E-state index contributed by atoms with van der Waals surface area (Å²) in [6.07, 6.45) is 0. The summed E-state index contributed by atoms with van der Waals surface area (Å²) in [5.74, 6) is -3.21. The van der Waals surface area contributed by atoms with Gasteiger partial charge in [-0.25, -0.2) is 9.18 Å². The van der Waals surface area contributed by atoms with Crippen LogP contribution in [-0.4, -0.2) is 32.6 Å². The molecule has 0 fully saturated rings. The van der Waals surface area contributed by atoms with Gasteiger partial charge in [-0.3, -0.25) is 4.79 Å². The topological polar surface area (TPSA) is 61.8 Å². The molecule has 0 atom stereocenters. The minimum absolute atomic E-state index is 0.0412. The van der Waals surface area contributed by atoms with E-state index in [0.29, 0.717) is 0 Å². The highest BCUT2D eigenvalue weighted by Gasteiger charge is 2.25. The van der Waals surface area contributed by atoms with Crippen molar-refractivity contribution in [3.63, 3.8) is 0 Å². The number of rotatable bonds is 5. The van der Waals surface area contributed by atoms with Crippen LogP contribution in [-0.2, 0) is 9.53 Å². The van der Waals surface area contributed by atoms with Crippen LogP contribution in [0, 0.1) is 5.82 Å². The van der Waals surface area contributed by atoms with Crippen LogP contribution >= 0.6 is 0 Å². The summed E-state index contributed by atoms with van der Waals surface area (Å²) in [4.78, 5) is 22.9. The first-order valence-electron chi connectivity index (χ1n) is 5.18. The molecule has 0 aliphatic rings. The van der Waals surface area contributed by atoms with E-state index in [9.17, 15) is 14.0 Å². The Morgan fingerprint density at radius 2 is 1.89 bits per heavy atom. The van der Waals surface area contributed by atoms with Crippen LogP contribution in [0.5, 0.6) is 11.5 Å². The van der Waals surface area contributed by atoms with Crippen LogP contribution in [0.4, 0.5) is 4.39 Å². The molecule has 0 aliphatic carbocycles. The van der Waals surface area contributed by atoms with E-state index in [1.807, 2.05) is 0 Å². The molecule has 0 spiro atoms. The maximum absolute atomic E-state index is 13.9. The van der Waals surface area contributed by atoms with Gasteiger partial charge in [0.05, 0.1) is 26.4 Å². The zero-order valence-electron chi connectivity index (χ0n) is 10.3. The van der Waals surface area contributed by atoms with Crippen LogP contribution in [0.15, 0.2) is 12.1 Å². The Morgan fingerprint density at radius 3 is 2.39 bits per heavy atom. The van der Waals surface area contributed by atoms with E-state index in [4.69, 9.17) is 9.47 Å². The summed E-state index contributed by atoms with van der Waals surface area (Å²) in [6.45, 7) is 1.59. The molecular weight excluding hydrogens is 243 g/mol. The minimum atomic E-state index is -1.11. The third-order valence-electron chi connectivity index (χ3n) is 2.19. The first kappa shape index (κ1) is 14.0. The molecule has 5 nitrogen and oxygen atoms in total. The van der Waals surface area contributed by atoms with Crippen molar-refractivity contribution in [2.24, 2.45) is 0 Å². The number of hydrogen-bond donors (Lipinski definition) is 0.